The molecular formula is C25H21ClFN5O. The van der Waals surface area contributed by atoms with Crippen molar-refractivity contribution in [1.29, 1.82) is 0 Å². The molecule has 2 aliphatic rings. The van der Waals surface area contributed by atoms with E-state index in [1.165, 1.54) is 18.5 Å². The summed E-state index contributed by atoms with van der Waals surface area (Å²) in [6.45, 7) is 5.67. The van der Waals surface area contributed by atoms with Crippen LogP contribution >= 0.6 is 11.6 Å². The van der Waals surface area contributed by atoms with Crippen LogP contribution in [0.2, 0.25) is 5.02 Å². The number of fused-ring (bicyclic) bond motifs is 2. The Hall–Kier alpha value is -3.47. The molecule has 2 fully saturated rings. The molecule has 166 valence electrons. The van der Waals surface area contributed by atoms with E-state index in [2.05, 4.69) is 51.0 Å². The Morgan fingerprint density at radius 1 is 1.27 bits per heavy atom. The van der Waals surface area contributed by atoms with Crippen LogP contribution in [0.15, 0.2) is 49.3 Å². The van der Waals surface area contributed by atoms with E-state index >= 15 is 0 Å². The molecule has 1 amide bonds. The molecule has 1 aliphatic carbocycles. The Balaban J connectivity index is 1.53. The second-order valence-electron chi connectivity index (χ2n) is 8.40. The van der Waals surface area contributed by atoms with Gasteiger partial charge in [-0.15, -0.1) is 0 Å². The summed E-state index contributed by atoms with van der Waals surface area (Å²) in [7, 11) is 2.13. The highest BCUT2D eigenvalue weighted by molar-refractivity contribution is 6.31. The maximum atomic E-state index is 14.4. The van der Waals surface area contributed by atoms with Crippen molar-refractivity contribution >= 4 is 45.6 Å². The van der Waals surface area contributed by atoms with E-state index in [1.54, 1.807) is 18.2 Å². The van der Waals surface area contributed by atoms with Gasteiger partial charge in [-0.05, 0) is 49.2 Å². The quantitative estimate of drug-likeness (QED) is 0.444. The molecule has 1 aromatic heterocycles. The van der Waals surface area contributed by atoms with Crippen LogP contribution in [0.1, 0.15) is 5.56 Å². The Bertz CT molecular complexity index is 1340. The van der Waals surface area contributed by atoms with E-state index in [4.69, 9.17) is 11.6 Å². The molecular weight excluding hydrogens is 441 g/mol. The van der Waals surface area contributed by atoms with Gasteiger partial charge in [-0.1, -0.05) is 36.1 Å². The largest absolute Gasteiger partial charge is 0.337 e. The van der Waals surface area contributed by atoms with Crippen LogP contribution in [0.3, 0.4) is 0 Å². The summed E-state index contributed by atoms with van der Waals surface area (Å²) in [5, 5.41) is 6.41. The average Bonchev–Trinajstić information content (AvgIpc) is 3.27. The van der Waals surface area contributed by atoms with Gasteiger partial charge in [-0.3, -0.25) is 4.79 Å². The molecule has 1 saturated carbocycles. The lowest BCUT2D eigenvalue weighted by atomic mass is 10.1. The SMILES string of the molecule is C=CC(=O)Nc1cc2c(Nc3cccc(Cl)c3F)ncnc2cc1C#C[C@@H]1[C@H]2CN(C)C[C@@H]12. The molecule has 8 heteroatoms. The summed E-state index contributed by atoms with van der Waals surface area (Å²) in [5.74, 6) is 7.72. The molecule has 0 unspecified atom stereocenters. The molecule has 1 saturated heterocycles. The molecule has 33 heavy (non-hydrogen) atoms. The normalized spacial score (nSPS) is 21.1. The van der Waals surface area contributed by atoms with Crippen molar-refractivity contribution in [1.82, 2.24) is 14.9 Å². The maximum absolute atomic E-state index is 14.4. The maximum Gasteiger partial charge on any atom is 0.247 e. The highest BCUT2D eigenvalue weighted by atomic mass is 35.5. The molecule has 2 heterocycles. The zero-order valence-corrected chi connectivity index (χ0v) is 18.7. The number of likely N-dealkylation sites (tertiary alicyclic amines) is 1. The molecule has 0 bridgehead atoms. The van der Waals surface area contributed by atoms with Crippen molar-refractivity contribution in [3.63, 3.8) is 0 Å². The van der Waals surface area contributed by atoms with Crippen molar-refractivity contribution in [2.45, 2.75) is 0 Å². The predicted octanol–water partition coefficient (Wildman–Crippen LogP) is 4.45. The first-order valence-electron chi connectivity index (χ1n) is 10.6. The number of nitrogens with zero attached hydrogens (tertiary/aromatic N) is 3. The van der Waals surface area contributed by atoms with Crippen LogP contribution in [0.5, 0.6) is 0 Å². The van der Waals surface area contributed by atoms with Gasteiger partial charge in [-0.2, -0.15) is 0 Å². The first-order valence-corrected chi connectivity index (χ1v) is 11.0. The summed E-state index contributed by atoms with van der Waals surface area (Å²) in [4.78, 5) is 23.0. The fourth-order valence-electron chi connectivity index (χ4n) is 4.43. The number of hydrogen-bond donors (Lipinski definition) is 2. The Kier molecular flexibility index (Phi) is 5.49. The summed E-state index contributed by atoms with van der Waals surface area (Å²) < 4.78 is 14.4. The first-order chi connectivity index (χ1) is 15.9. The van der Waals surface area contributed by atoms with E-state index < -0.39 is 5.82 Å². The van der Waals surface area contributed by atoms with Gasteiger partial charge < -0.3 is 15.5 Å². The third kappa shape index (κ3) is 4.15. The molecule has 1 aliphatic heterocycles. The molecule has 0 spiro atoms. The molecule has 3 atom stereocenters. The van der Waals surface area contributed by atoms with E-state index in [1.807, 2.05) is 6.07 Å². The van der Waals surface area contributed by atoms with Gasteiger partial charge in [0.1, 0.15) is 12.1 Å². The molecule has 0 radical (unpaired) electrons. The Morgan fingerprint density at radius 2 is 2.06 bits per heavy atom. The van der Waals surface area contributed by atoms with Crippen LogP contribution in [0.4, 0.5) is 21.6 Å². The molecule has 6 nitrogen and oxygen atoms in total. The highest BCUT2D eigenvalue weighted by Gasteiger charge is 2.53. The minimum atomic E-state index is -0.575. The number of carbonyl (C=O) groups excluding carboxylic acids is 1. The number of halogens is 2. The summed E-state index contributed by atoms with van der Waals surface area (Å²) in [6, 6.07) is 8.24. The summed E-state index contributed by atoms with van der Waals surface area (Å²) in [5.41, 5.74) is 1.99. The number of anilines is 3. The number of amides is 1. The van der Waals surface area contributed by atoms with E-state index in [-0.39, 0.29) is 16.6 Å². The van der Waals surface area contributed by atoms with E-state index in [0.717, 1.165) is 13.1 Å². The Morgan fingerprint density at radius 3 is 2.82 bits per heavy atom. The minimum Gasteiger partial charge on any atom is -0.337 e. The number of piperidine rings is 1. The first kappa shape index (κ1) is 21.4. The van der Waals surface area contributed by atoms with Gasteiger partial charge in [0.15, 0.2) is 5.82 Å². The lowest BCUT2D eigenvalue weighted by Crippen LogP contribution is -2.18. The van der Waals surface area contributed by atoms with Crippen molar-refractivity contribution in [2.24, 2.45) is 17.8 Å². The number of aromatic nitrogens is 2. The van der Waals surface area contributed by atoms with Crippen molar-refractivity contribution < 1.29 is 9.18 Å². The molecule has 2 N–H and O–H groups in total. The molecule has 3 aromatic rings. The molecule has 2 aromatic carbocycles. The second-order valence-corrected chi connectivity index (χ2v) is 8.81. The van der Waals surface area contributed by atoms with Crippen LogP contribution in [0.25, 0.3) is 10.9 Å². The number of benzene rings is 2. The zero-order valence-electron chi connectivity index (χ0n) is 17.9. The topological polar surface area (TPSA) is 70.1 Å². The monoisotopic (exact) mass is 461 g/mol. The fraction of sp³-hybridized carbons (Fsp3) is 0.240. The molecule has 5 rings (SSSR count). The van der Waals surface area contributed by atoms with Gasteiger partial charge in [0.2, 0.25) is 5.91 Å². The van der Waals surface area contributed by atoms with E-state index in [9.17, 15) is 9.18 Å². The van der Waals surface area contributed by atoms with Gasteiger partial charge in [0.05, 0.1) is 27.5 Å². The third-order valence-corrected chi connectivity index (χ3v) is 6.46. The van der Waals surface area contributed by atoms with Crippen molar-refractivity contribution in [3.8, 4) is 11.8 Å². The summed E-state index contributed by atoms with van der Waals surface area (Å²) in [6.07, 6.45) is 2.60. The standard InChI is InChI=1S/C25H21ClFN5O/c1-3-23(33)30-21-10-16-22(9-14(21)7-8-15-17-11-32(2)12-18(15)17)28-13-29-25(16)31-20-6-4-5-19(26)24(20)27/h3-6,9-10,13,15,17-18H,1,11-12H2,2H3,(H,30,33)(H,28,29,31)/t15-,17-,18+. The van der Waals surface area contributed by atoms with Gasteiger partial charge in [0.25, 0.3) is 0 Å². The van der Waals surface area contributed by atoms with Crippen LogP contribution in [-0.2, 0) is 4.79 Å². The lowest BCUT2D eigenvalue weighted by Gasteiger charge is -2.13. The lowest BCUT2D eigenvalue weighted by molar-refractivity contribution is -0.111. The van der Waals surface area contributed by atoms with Crippen LogP contribution < -0.4 is 10.6 Å². The number of nitrogens with one attached hydrogen (secondary N) is 2. The number of hydrogen-bond acceptors (Lipinski definition) is 5. The van der Waals surface area contributed by atoms with Crippen LogP contribution in [0, 0.1) is 35.4 Å². The van der Waals surface area contributed by atoms with Crippen LogP contribution in [-0.4, -0.2) is 40.9 Å². The Labute approximate surface area is 195 Å². The predicted molar refractivity (Wildman–Crippen MR) is 128 cm³/mol. The van der Waals surface area contributed by atoms with Gasteiger partial charge in [-0.25, -0.2) is 14.4 Å². The van der Waals surface area contributed by atoms with Gasteiger partial charge in [0, 0.05) is 24.4 Å². The average molecular weight is 462 g/mol. The van der Waals surface area contributed by atoms with Crippen molar-refractivity contribution in [3.05, 3.63) is 65.7 Å². The fourth-order valence-corrected chi connectivity index (χ4v) is 4.61. The van der Waals surface area contributed by atoms with Gasteiger partial charge >= 0.3 is 0 Å². The highest BCUT2D eigenvalue weighted by Crippen LogP contribution is 2.50. The van der Waals surface area contributed by atoms with Crippen molar-refractivity contribution in [2.75, 3.05) is 30.8 Å². The second kappa shape index (κ2) is 8.47. The number of carbonyl (C=O) groups is 1. The zero-order chi connectivity index (χ0) is 23.1. The smallest absolute Gasteiger partial charge is 0.247 e. The van der Waals surface area contributed by atoms with E-state index in [0.29, 0.717) is 45.7 Å². The minimum absolute atomic E-state index is 0.00546. The number of rotatable bonds is 4. The third-order valence-electron chi connectivity index (χ3n) is 6.17. The summed E-state index contributed by atoms with van der Waals surface area (Å²) >= 11 is 5.90.